The van der Waals surface area contributed by atoms with Gasteiger partial charge < -0.3 is 4.85 Å². The largest absolute Gasteiger partial charge is 0.317 e. The number of carbonyl (C=O) groups is 1. The molecule has 0 saturated carbocycles. The standard InChI is InChI=1S/C16H19BrINO/c1-19-10-5-3-2-4-9-15(16(20)12-17)13-7-6-8-14(18)11-13/h6-8,11,15H,2-5,9-10,12H2. The maximum absolute atomic E-state index is 12.1. The van der Waals surface area contributed by atoms with Crippen LogP contribution in [0.15, 0.2) is 24.3 Å². The highest BCUT2D eigenvalue weighted by Crippen LogP contribution is 2.26. The van der Waals surface area contributed by atoms with Crippen LogP contribution < -0.4 is 0 Å². The number of alkyl halides is 1. The lowest BCUT2D eigenvalue weighted by atomic mass is 9.90. The van der Waals surface area contributed by atoms with Crippen molar-refractivity contribution in [1.82, 2.24) is 0 Å². The molecule has 4 heteroatoms. The maximum atomic E-state index is 12.1. The van der Waals surface area contributed by atoms with E-state index >= 15 is 0 Å². The van der Waals surface area contributed by atoms with Crippen LogP contribution in [0.1, 0.15) is 43.6 Å². The van der Waals surface area contributed by atoms with Gasteiger partial charge in [0.1, 0.15) is 0 Å². The average Bonchev–Trinajstić information content (AvgIpc) is 2.46. The Kier molecular flexibility index (Phi) is 9.12. The van der Waals surface area contributed by atoms with Gasteiger partial charge in [-0.3, -0.25) is 4.79 Å². The zero-order valence-corrected chi connectivity index (χ0v) is 15.2. The van der Waals surface area contributed by atoms with E-state index in [0.717, 1.165) is 37.7 Å². The van der Waals surface area contributed by atoms with Gasteiger partial charge in [-0.2, -0.15) is 0 Å². The maximum Gasteiger partial charge on any atom is 0.214 e. The van der Waals surface area contributed by atoms with Gasteiger partial charge in [0.15, 0.2) is 5.78 Å². The van der Waals surface area contributed by atoms with Crippen molar-refractivity contribution in [2.75, 3.05) is 11.9 Å². The third-order valence-corrected chi connectivity index (χ3v) is 4.51. The van der Waals surface area contributed by atoms with Gasteiger partial charge in [-0.1, -0.05) is 40.9 Å². The molecule has 0 fully saturated rings. The summed E-state index contributed by atoms with van der Waals surface area (Å²) in [4.78, 5) is 15.5. The number of rotatable bonds is 9. The molecule has 0 spiro atoms. The normalized spacial score (nSPS) is 11.8. The second kappa shape index (κ2) is 10.3. The van der Waals surface area contributed by atoms with Crippen LogP contribution in [0, 0.1) is 10.1 Å². The van der Waals surface area contributed by atoms with E-state index in [-0.39, 0.29) is 11.7 Å². The molecule has 1 aromatic carbocycles. The van der Waals surface area contributed by atoms with E-state index in [4.69, 9.17) is 6.57 Å². The Balaban J connectivity index is 2.54. The molecular weight excluding hydrogens is 429 g/mol. The predicted molar refractivity (Wildman–Crippen MR) is 95.3 cm³/mol. The molecule has 0 N–H and O–H groups in total. The molecule has 0 radical (unpaired) electrons. The minimum absolute atomic E-state index is 0.00459. The number of Topliss-reactive ketones (excluding diaryl/α,β-unsaturated/α-hetero) is 1. The molecule has 0 aliphatic heterocycles. The van der Waals surface area contributed by atoms with Crippen LogP contribution in [0.4, 0.5) is 0 Å². The fraction of sp³-hybridized carbons (Fsp3) is 0.500. The van der Waals surface area contributed by atoms with E-state index in [0.29, 0.717) is 11.9 Å². The Bertz CT molecular complexity index is 470. The number of halogens is 2. The lowest BCUT2D eigenvalue weighted by Crippen LogP contribution is -2.14. The van der Waals surface area contributed by atoms with Crippen molar-refractivity contribution < 1.29 is 4.79 Å². The minimum atomic E-state index is 0.00459. The number of benzene rings is 1. The highest BCUT2D eigenvalue weighted by molar-refractivity contribution is 14.1. The number of ketones is 1. The summed E-state index contributed by atoms with van der Waals surface area (Å²) in [5.41, 5.74) is 1.13. The molecule has 0 amide bonds. The van der Waals surface area contributed by atoms with Crippen molar-refractivity contribution >= 4 is 44.3 Å². The summed E-state index contributed by atoms with van der Waals surface area (Å²) in [6.45, 7) is 7.36. The van der Waals surface area contributed by atoms with E-state index in [1.54, 1.807) is 0 Å². The first-order chi connectivity index (χ1) is 9.69. The second-order valence-corrected chi connectivity index (χ2v) is 6.60. The van der Waals surface area contributed by atoms with Gasteiger partial charge in [-0.25, -0.2) is 6.57 Å². The Morgan fingerprint density at radius 1 is 1.30 bits per heavy atom. The molecule has 1 atom stereocenters. The Morgan fingerprint density at radius 2 is 2.05 bits per heavy atom. The molecule has 0 bridgehead atoms. The highest BCUT2D eigenvalue weighted by atomic mass is 127. The summed E-state index contributed by atoms with van der Waals surface area (Å²) in [5.74, 6) is 0.262. The van der Waals surface area contributed by atoms with E-state index in [9.17, 15) is 4.79 Å². The SMILES string of the molecule is [C-]#[N+]CCCCCCC(C(=O)CBr)c1cccc(I)c1. The summed E-state index contributed by atoms with van der Waals surface area (Å²) in [7, 11) is 0. The van der Waals surface area contributed by atoms with Crippen molar-refractivity contribution in [2.24, 2.45) is 0 Å². The molecule has 0 saturated heterocycles. The van der Waals surface area contributed by atoms with Crippen molar-refractivity contribution in [3.63, 3.8) is 0 Å². The van der Waals surface area contributed by atoms with Gasteiger partial charge in [0.25, 0.3) is 0 Å². The minimum Gasteiger partial charge on any atom is -0.317 e. The fourth-order valence-electron chi connectivity index (χ4n) is 2.22. The molecule has 2 nitrogen and oxygen atoms in total. The van der Waals surface area contributed by atoms with Gasteiger partial charge in [-0.05, 0) is 53.1 Å². The van der Waals surface area contributed by atoms with Crippen molar-refractivity contribution in [3.8, 4) is 0 Å². The number of hydrogen-bond acceptors (Lipinski definition) is 1. The third-order valence-electron chi connectivity index (χ3n) is 3.28. The fourth-order valence-corrected chi connectivity index (χ4v) is 3.18. The monoisotopic (exact) mass is 447 g/mol. The molecule has 0 heterocycles. The molecule has 1 aromatic rings. The Hall–Kier alpha value is -0.410. The summed E-state index contributed by atoms with van der Waals surface area (Å²) < 4.78 is 1.17. The average molecular weight is 448 g/mol. The third kappa shape index (κ3) is 6.36. The molecule has 1 rings (SSSR count). The first-order valence-corrected chi connectivity index (χ1v) is 9.06. The molecule has 20 heavy (non-hydrogen) atoms. The van der Waals surface area contributed by atoms with E-state index in [2.05, 4.69) is 49.4 Å². The van der Waals surface area contributed by atoms with Gasteiger partial charge in [0.05, 0.1) is 5.33 Å². The zero-order chi connectivity index (χ0) is 14.8. The van der Waals surface area contributed by atoms with Crippen molar-refractivity contribution in [3.05, 3.63) is 44.8 Å². The molecule has 108 valence electrons. The van der Waals surface area contributed by atoms with Crippen LogP contribution in [-0.2, 0) is 4.79 Å². The van der Waals surface area contributed by atoms with Gasteiger partial charge >= 0.3 is 0 Å². The van der Waals surface area contributed by atoms with E-state index in [1.807, 2.05) is 18.2 Å². The first-order valence-electron chi connectivity index (χ1n) is 6.86. The van der Waals surface area contributed by atoms with Crippen LogP contribution in [0.25, 0.3) is 4.85 Å². The van der Waals surface area contributed by atoms with Crippen molar-refractivity contribution in [2.45, 2.75) is 38.0 Å². The molecule has 1 unspecified atom stereocenters. The number of unbranched alkanes of at least 4 members (excludes halogenated alkanes) is 3. The predicted octanol–water partition coefficient (Wildman–Crippen LogP) is 5.21. The van der Waals surface area contributed by atoms with E-state index < -0.39 is 0 Å². The molecule has 0 aliphatic rings. The Labute approximate surface area is 143 Å². The van der Waals surface area contributed by atoms with Crippen LogP contribution in [0.3, 0.4) is 0 Å². The topological polar surface area (TPSA) is 21.4 Å². The van der Waals surface area contributed by atoms with Crippen LogP contribution in [0.2, 0.25) is 0 Å². The summed E-state index contributed by atoms with van der Waals surface area (Å²) in [6, 6.07) is 8.21. The van der Waals surface area contributed by atoms with Gasteiger partial charge in [0.2, 0.25) is 6.54 Å². The Morgan fingerprint density at radius 3 is 2.70 bits per heavy atom. The molecule has 0 aromatic heterocycles. The van der Waals surface area contributed by atoms with Crippen LogP contribution in [0.5, 0.6) is 0 Å². The van der Waals surface area contributed by atoms with Gasteiger partial charge in [0, 0.05) is 15.9 Å². The van der Waals surface area contributed by atoms with Crippen LogP contribution in [-0.4, -0.2) is 17.7 Å². The lowest BCUT2D eigenvalue weighted by molar-refractivity contribution is -0.118. The summed E-state index contributed by atoms with van der Waals surface area (Å²) in [6.07, 6.45) is 5.12. The lowest BCUT2D eigenvalue weighted by Gasteiger charge is -2.15. The molecular formula is C16H19BrINO. The van der Waals surface area contributed by atoms with Gasteiger partial charge in [-0.15, -0.1) is 0 Å². The smallest absolute Gasteiger partial charge is 0.214 e. The number of hydrogen-bond donors (Lipinski definition) is 0. The van der Waals surface area contributed by atoms with Crippen LogP contribution >= 0.6 is 38.5 Å². The zero-order valence-electron chi connectivity index (χ0n) is 11.4. The number of nitrogens with zero attached hydrogens (tertiary/aromatic N) is 1. The summed E-state index contributed by atoms with van der Waals surface area (Å²) >= 11 is 5.57. The van der Waals surface area contributed by atoms with Crippen molar-refractivity contribution in [1.29, 1.82) is 0 Å². The summed E-state index contributed by atoms with van der Waals surface area (Å²) in [5, 5.41) is 0.418. The quantitative estimate of drug-likeness (QED) is 0.220. The molecule has 0 aliphatic carbocycles. The number of carbonyl (C=O) groups excluding carboxylic acids is 1. The highest BCUT2D eigenvalue weighted by Gasteiger charge is 2.19. The second-order valence-electron chi connectivity index (χ2n) is 4.79. The van der Waals surface area contributed by atoms with E-state index in [1.165, 1.54) is 3.57 Å². The first kappa shape index (κ1) is 17.6.